The van der Waals surface area contributed by atoms with Gasteiger partial charge in [-0.05, 0) is 85.9 Å². The fraction of sp³-hybridized carbons (Fsp3) is 0. The van der Waals surface area contributed by atoms with Crippen molar-refractivity contribution in [3.63, 3.8) is 0 Å². The molecule has 2 heterocycles. The van der Waals surface area contributed by atoms with E-state index in [9.17, 15) is 0 Å². The molecule has 0 fully saturated rings. The molecule has 1 aliphatic heterocycles. The van der Waals surface area contributed by atoms with Crippen molar-refractivity contribution in [2.24, 2.45) is 0 Å². The minimum absolute atomic E-state index is 1.17. The van der Waals surface area contributed by atoms with Crippen molar-refractivity contribution in [1.29, 1.82) is 0 Å². The Labute approximate surface area is 271 Å². The monoisotopic (exact) mass is 601 g/mol. The van der Waals surface area contributed by atoms with Crippen LogP contribution in [0.25, 0.3) is 82.4 Å². The van der Waals surface area contributed by atoms with E-state index in [0.717, 1.165) is 0 Å². The number of benzene rings is 8. The van der Waals surface area contributed by atoms with Crippen LogP contribution in [0.4, 0.5) is 0 Å². The summed E-state index contributed by atoms with van der Waals surface area (Å²) >= 11 is 1.88. The van der Waals surface area contributed by atoms with Crippen molar-refractivity contribution in [3.05, 3.63) is 164 Å². The van der Waals surface area contributed by atoms with Crippen LogP contribution < -0.4 is 0 Å². The molecule has 1 aliphatic rings. The third-order valence-electron chi connectivity index (χ3n) is 9.60. The van der Waals surface area contributed by atoms with Crippen LogP contribution in [0.1, 0.15) is 0 Å². The second kappa shape index (κ2) is 9.97. The average molecular weight is 602 g/mol. The molecule has 0 unspecified atom stereocenters. The van der Waals surface area contributed by atoms with Gasteiger partial charge in [0.25, 0.3) is 0 Å². The smallest absolute Gasteiger partial charge is 0.0547 e. The first-order valence-corrected chi connectivity index (χ1v) is 16.6. The summed E-state index contributed by atoms with van der Waals surface area (Å²) in [4.78, 5) is 2.66. The topological polar surface area (TPSA) is 4.93 Å². The molecule has 0 aliphatic carbocycles. The standard InChI is InChI=1S/C44H27NS/c1-2-10-32(11-3-1)45-39-25-22-29-9-4-5-12-34(29)43(39)38-23-21-31(27-40(38)45)28-17-19-30(20-18-28)33-24-26-42-44-36(33)14-8-15-37(44)35-13-6-7-16-41(35)46-42/h1-27H. The molecule has 1 aromatic heterocycles. The predicted molar refractivity (Wildman–Crippen MR) is 196 cm³/mol. The molecule has 214 valence electrons. The summed E-state index contributed by atoms with van der Waals surface area (Å²) in [5, 5.41) is 7.81. The van der Waals surface area contributed by atoms with E-state index in [2.05, 4.69) is 168 Å². The Kier molecular flexibility index (Phi) is 5.58. The Bertz CT molecular complexity index is 2650. The highest BCUT2D eigenvalue weighted by Crippen LogP contribution is 2.49. The third-order valence-corrected chi connectivity index (χ3v) is 10.7. The van der Waals surface area contributed by atoms with Gasteiger partial charge in [-0.25, -0.2) is 0 Å². The van der Waals surface area contributed by atoms with Gasteiger partial charge in [0, 0.05) is 31.6 Å². The fourth-order valence-electron chi connectivity index (χ4n) is 7.50. The summed E-state index contributed by atoms with van der Waals surface area (Å²) in [5.74, 6) is 0. The van der Waals surface area contributed by atoms with Gasteiger partial charge >= 0.3 is 0 Å². The number of aromatic nitrogens is 1. The zero-order valence-electron chi connectivity index (χ0n) is 24.9. The van der Waals surface area contributed by atoms with E-state index in [1.54, 1.807) is 0 Å². The summed E-state index contributed by atoms with van der Waals surface area (Å²) in [7, 11) is 0. The molecule has 8 aromatic carbocycles. The number of hydrogen-bond donors (Lipinski definition) is 0. The molecule has 0 amide bonds. The van der Waals surface area contributed by atoms with E-state index in [1.165, 1.54) is 92.2 Å². The maximum Gasteiger partial charge on any atom is 0.0547 e. The molecule has 2 heteroatoms. The van der Waals surface area contributed by atoms with Crippen molar-refractivity contribution in [1.82, 2.24) is 4.57 Å². The molecule has 10 rings (SSSR count). The Morgan fingerprint density at radius 2 is 1.11 bits per heavy atom. The summed E-state index contributed by atoms with van der Waals surface area (Å²) in [5.41, 5.74) is 11.2. The van der Waals surface area contributed by atoms with E-state index in [-0.39, 0.29) is 0 Å². The van der Waals surface area contributed by atoms with Gasteiger partial charge in [-0.3, -0.25) is 0 Å². The van der Waals surface area contributed by atoms with E-state index in [0.29, 0.717) is 0 Å². The van der Waals surface area contributed by atoms with Gasteiger partial charge in [-0.15, -0.1) is 0 Å². The van der Waals surface area contributed by atoms with Gasteiger partial charge in [0.15, 0.2) is 0 Å². The van der Waals surface area contributed by atoms with Crippen molar-refractivity contribution in [2.75, 3.05) is 0 Å². The second-order valence-electron chi connectivity index (χ2n) is 12.1. The second-order valence-corrected chi connectivity index (χ2v) is 13.2. The number of rotatable bonds is 3. The fourth-order valence-corrected chi connectivity index (χ4v) is 8.63. The molecule has 0 spiro atoms. The van der Waals surface area contributed by atoms with Crippen LogP contribution in [0.2, 0.25) is 0 Å². The van der Waals surface area contributed by atoms with Crippen molar-refractivity contribution >= 4 is 55.1 Å². The molecule has 0 radical (unpaired) electrons. The van der Waals surface area contributed by atoms with E-state index < -0.39 is 0 Å². The van der Waals surface area contributed by atoms with Gasteiger partial charge in [0.1, 0.15) is 0 Å². The minimum atomic E-state index is 1.17. The first kappa shape index (κ1) is 25.7. The Morgan fingerprint density at radius 3 is 2.02 bits per heavy atom. The third kappa shape index (κ3) is 3.77. The van der Waals surface area contributed by atoms with Crippen LogP contribution in [0, 0.1) is 0 Å². The minimum Gasteiger partial charge on any atom is -0.309 e. The lowest BCUT2D eigenvalue weighted by molar-refractivity contribution is 1.18. The summed E-state index contributed by atoms with van der Waals surface area (Å²) in [6, 6.07) is 60.2. The van der Waals surface area contributed by atoms with Gasteiger partial charge in [0.05, 0.1) is 11.0 Å². The molecule has 0 saturated heterocycles. The zero-order valence-corrected chi connectivity index (χ0v) is 25.8. The average Bonchev–Trinajstić information content (AvgIpc) is 3.46. The van der Waals surface area contributed by atoms with Crippen LogP contribution >= 0.6 is 11.8 Å². The molecule has 0 saturated carbocycles. The Balaban J connectivity index is 1.12. The van der Waals surface area contributed by atoms with E-state index >= 15 is 0 Å². The number of para-hydroxylation sites is 1. The molecule has 1 nitrogen and oxygen atoms in total. The summed E-state index contributed by atoms with van der Waals surface area (Å²) < 4.78 is 2.42. The van der Waals surface area contributed by atoms with Crippen LogP contribution in [0.15, 0.2) is 174 Å². The highest BCUT2D eigenvalue weighted by atomic mass is 32.2. The lowest BCUT2D eigenvalue weighted by Gasteiger charge is -2.21. The van der Waals surface area contributed by atoms with Gasteiger partial charge < -0.3 is 4.57 Å². The van der Waals surface area contributed by atoms with Gasteiger partial charge in [-0.1, -0.05) is 139 Å². The molecular weight excluding hydrogens is 575 g/mol. The van der Waals surface area contributed by atoms with Crippen LogP contribution in [0.5, 0.6) is 0 Å². The molecular formula is C44H27NS. The summed E-state index contributed by atoms with van der Waals surface area (Å²) in [6.45, 7) is 0. The Hall–Kier alpha value is -5.57. The highest BCUT2D eigenvalue weighted by molar-refractivity contribution is 7.99. The number of nitrogens with zero attached hydrogens (tertiary/aromatic N) is 1. The largest absolute Gasteiger partial charge is 0.309 e. The Morgan fingerprint density at radius 1 is 0.370 bits per heavy atom. The maximum absolute atomic E-state index is 2.42. The summed E-state index contributed by atoms with van der Waals surface area (Å²) in [6.07, 6.45) is 0. The number of hydrogen-bond acceptors (Lipinski definition) is 1. The van der Waals surface area contributed by atoms with E-state index in [4.69, 9.17) is 0 Å². The predicted octanol–water partition coefficient (Wildman–Crippen LogP) is 12.6. The maximum atomic E-state index is 2.42. The first-order valence-electron chi connectivity index (χ1n) is 15.8. The molecule has 0 N–H and O–H groups in total. The lowest BCUT2D eigenvalue weighted by atomic mass is 9.92. The molecule has 9 aromatic rings. The van der Waals surface area contributed by atoms with Crippen LogP contribution in [-0.4, -0.2) is 4.57 Å². The quantitative estimate of drug-likeness (QED) is 0.195. The van der Waals surface area contributed by atoms with E-state index in [1.807, 2.05) is 11.8 Å². The van der Waals surface area contributed by atoms with Crippen molar-refractivity contribution < 1.29 is 0 Å². The van der Waals surface area contributed by atoms with Crippen LogP contribution in [-0.2, 0) is 0 Å². The van der Waals surface area contributed by atoms with Gasteiger partial charge in [0.2, 0.25) is 0 Å². The molecule has 0 atom stereocenters. The molecule has 46 heavy (non-hydrogen) atoms. The van der Waals surface area contributed by atoms with Crippen molar-refractivity contribution in [2.45, 2.75) is 9.79 Å². The highest BCUT2D eigenvalue weighted by Gasteiger charge is 2.20. The zero-order chi connectivity index (χ0) is 30.2. The van der Waals surface area contributed by atoms with Crippen molar-refractivity contribution in [3.8, 4) is 39.1 Å². The molecule has 0 bridgehead atoms. The normalized spacial score (nSPS) is 12.3. The van der Waals surface area contributed by atoms with Crippen LogP contribution in [0.3, 0.4) is 0 Å². The lowest BCUT2D eigenvalue weighted by Crippen LogP contribution is -1.94. The SMILES string of the molecule is c1ccc(-n2c3cc(-c4ccc(-c5ccc6c7c(cccc57)-c5ccccc5S6)cc4)ccc3c3c4ccccc4ccc32)cc1. The first-order chi connectivity index (χ1) is 22.8. The number of fused-ring (bicyclic) bond motifs is 7. The van der Waals surface area contributed by atoms with Gasteiger partial charge in [-0.2, -0.15) is 0 Å².